The number of halogens is 1. The highest BCUT2D eigenvalue weighted by atomic mass is 79.9. The van der Waals surface area contributed by atoms with Crippen molar-refractivity contribution in [1.29, 1.82) is 0 Å². The average Bonchev–Trinajstić information content (AvgIpc) is 2.53. The van der Waals surface area contributed by atoms with Gasteiger partial charge in [-0.15, -0.1) is 0 Å². The van der Waals surface area contributed by atoms with E-state index in [-0.39, 0.29) is 12.5 Å². The lowest BCUT2D eigenvalue weighted by molar-refractivity contribution is -0.126. The van der Waals surface area contributed by atoms with Gasteiger partial charge in [0.1, 0.15) is 5.54 Å². The smallest absolute Gasteiger partial charge is 0.244 e. The number of nitrogens with one attached hydrogen (secondary N) is 1. The Kier molecular flexibility index (Phi) is 6.01. The van der Waals surface area contributed by atoms with Crippen LogP contribution >= 0.6 is 15.9 Å². The van der Waals surface area contributed by atoms with Crippen LogP contribution in [0.15, 0.2) is 28.7 Å². The summed E-state index contributed by atoms with van der Waals surface area (Å²) in [5.41, 5.74) is 5.83. The van der Waals surface area contributed by atoms with Crippen molar-refractivity contribution >= 4 is 21.8 Å². The molecule has 1 saturated carbocycles. The van der Waals surface area contributed by atoms with Gasteiger partial charge in [-0.25, -0.2) is 0 Å². The van der Waals surface area contributed by atoms with Crippen molar-refractivity contribution in [2.24, 2.45) is 11.7 Å². The minimum Gasteiger partial charge on any atom is -0.391 e. The first-order valence-electron chi connectivity index (χ1n) is 7.92. The van der Waals surface area contributed by atoms with E-state index in [9.17, 15) is 9.90 Å². The summed E-state index contributed by atoms with van der Waals surface area (Å²) in [6.07, 6.45) is 5.20. The Balaban J connectivity index is 1.91. The second-order valence-corrected chi connectivity index (χ2v) is 7.30. The molecule has 0 bridgehead atoms. The molecule has 1 aromatic carbocycles. The summed E-state index contributed by atoms with van der Waals surface area (Å²) in [5.74, 6) is 0.0374. The summed E-state index contributed by atoms with van der Waals surface area (Å²) in [7, 11) is 0. The molecule has 122 valence electrons. The van der Waals surface area contributed by atoms with Gasteiger partial charge >= 0.3 is 0 Å². The first kappa shape index (κ1) is 17.4. The third-order valence-electron chi connectivity index (χ3n) is 4.58. The van der Waals surface area contributed by atoms with Gasteiger partial charge in [-0.05, 0) is 43.4 Å². The van der Waals surface area contributed by atoms with Crippen LogP contribution in [0.1, 0.15) is 44.6 Å². The van der Waals surface area contributed by atoms with E-state index in [2.05, 4.69) is 21.2 Å². The van der Waals surface area contributed by atoms with Gasteiger partial charge in [0, 0.05) is 11.0 Å². The van der Waals surface area contributed by atoms with Crippen molar-refractivity contribution in [2.45, 2.75) is 50.7 Å². The SMILES string of the molecule is CC(N)(C(=O)NCC(O)C1CCCCC1)c1ccc(Br)cc1. The van der Waals surface area contributed by atoms with Crippen molar-refractivity contribution < 1.29 is 9.90 Å². The standard InChI is InChI=1S/C17H25BrN2O2/c1-17(19,13-7-9-14(18)10-8-13)16(22)20-11-15(21)12-5-3-2-4-6-12/h7-10,12,15,21H,2-6,11,19H2,1H3,(H,20,22). The van der Waals surface area contributed by atoms with E-state index < -0.39 is 11.6 Å². The van der Waals surface area contributed by atoms with Gasteiger partial charge in [-0.3, -0.25) is 4.79 Å². The Morgan fingerprint density at radius 3 is 2.55 bits per heavy atom. The molecule has 1 aliphatic carbocycles. The van der Waals surface area contributed by atoms with Crippen molar-refractivity contribution in [2.75, 3.05) is 6.54 Å². The third kappa shape index (κ3) is 4.31. The molecule has 0 radical (unpaired) electrons. The zero-order valence-corrected chi connectivity index (χ0v) is 14.6. The molecular weight excluding hydrogens is 344 g/mol. The summed E-state index contributed by atoms with van der Waals surface area (Å²) in [6.45, 7) is 1.96. The molecule has 5 heteroatoms. The van der Waals surface area contributed by atoms with Crippen LogP contribution in [0.5, 0.6) is 0 Å². The highest BCUT2D eigenvalue weighted by molar-refractivity contribution is 9.10. The van der Waals surface area contributed by atoms with E-state index in [1.54, 1.807) is 6.92 Å². The molecule has 0 spiro atoms. The van der Waals surface area contributed by atoms with Crippen LogP contribution in [0, 0.1) is 5.92 Å². The molecule has 1 amide bonds. The van der Waals surface area contributed by atoms with Crippen molar-refractivity contribution in [3.05, 3.63) is 34.3 Å². The lowest BCUT2D eigenvalue weighted by Gasteiger charge is -2.29. The van der Waals surface area contributed by atoms with Crippen molar-refractivity contribution in [1.82, 2.24) is 5.32 Å². The zero-order chi connectivity index (χ0) is 16.2. The molecule has 2 rings (SSSR count). The van der Waals surface area contributed by atoms with Crippen LogP contribution in [-0.2, 0) is 10.3 Å². The molecular formula is C17H25BrN2O2. The zero-order valence-electron chi connectivity index (χ0n) is 13.0. The van der Waals surface area contributed by atoms with Crippen LogP contribution in [0.2, 0.25) is 0 Å². The lowest BCUT2D eigenvalue weighted by Crippen LogP contribution is -2.51. The number of hydrogen-bond donors (Lipinski definition) is 3. The molecule has 0 aliphatic heterocycles. The number of nitrogens with two attached hydrogens (primary N) is 1. The second kappa shape index (κ2) is 7.57. The minimum absolute atomic E-state index is 0.260. The Hall–Kier alpha value is -0.910. The van der Waals surface area contributed by atoms with E-state index in [1.807, 2.05) is 24.3 Å². The maximum Gasteiger partial charge on any atom is 0.244 e. The summed E-state index contributed by atoms with van der Waals surface area (Å²) in [5, 5.41) is 13.0. The lowest BCUT2D eigenvalue weighted by atomic mass is 9.85. The van der Waals surface area contributed by atoms with Crippen LogP contribution in [0.3, 0.4) is 0 Å². The second-order valence-electron chi connectivity index (χ2n) is 6.38. The predicted octanol–water partition coefficient (Wildman–Crippen LogP) is 2.68. The molecule has 4 N–H and O–H groups in total. The first-order valence-corrected chi connectivity index (χ1v) is 8.72. The molecule has 1 aliphatic rings. The van der Waals surface area contributed by atoms with Crippen LogP contribution in [0.4, 0.5) is 0 Å². The van der Waals surface area contributed by atoms with Crippen molar-refractivity contribution in [3.8, 4) is 0 Å². The first-order chi connectivity index (χ1) is 10.4. The normalized spacial score (nSPS) is 20.2. The number of carbonyl (C=O) groups excluding carboxylic acids is 1. The molecule has 0 aromatic heterocycles. The van der Waals surface area contributed by atoms with Crippen LogP contribution in [-0.4, -0.2) is 23.7 Å². The highest BCUT2D eigenvalue weighted by Crippen LogP contribution is 2.26. The van der Waals surface area contributed by atoms with Crippen LogP contribution in [0.25, 0.3) is 0 Å². The molecule has 1 aromatic rings. The fraction of sp³-hybridized carbons (Fsp3) is 0.588. The van der Waals surface area contributed by atoms with Gasteiger partial charge in [0.2, 0.25) is 5.91 Å². The largest absolute Gasteiger partial charge is 0.391 e. The number of amides is 1. The van der Waals surface area contributed by atoms with E-state index in [4.69, 9.17) is 5.73 Å². The summed E-state index contributed by atoms with van der Waals surface area (Å²) < 4.78 is 0.945. The molecule has 1 fully saturated rings. The minimum atomic E-state index is -1.10. The van der Waals surface area contributed by atoms with E-state index >= 15 is 0 Å². The fourth-order valence-electron chi connectivity index (χ4n) is 2.99. The molecule has 4 nitrogen and oxygen atoms in total. The highest BCUT2D eigenvalue weighted by Gasteiger charge is 2.31. The van der Waals surface area contributed by atoms with Gasteiger partial charge in [-0.2, -0.15) is 0 Å². The van der Waals surface area contributed by atoms with Gasteiger partial charge in [-0.1, -0.05) is 47.3 Å². The molecule has 2 unspecified atom stereocenters. The number of rotatable bonds is 5. The van der Waals surface area contributed by atoms with Gasteiger partial charge in [0.15, 0.2) is 0 Å². The third-order valence-corrected chi connectivity index (χ3v) is 5.11. The number of aliphatic hydroxyl groups is 1. The summed E-state index contributed by atoms with van der Waals surface area (Å²) in [4.78, 5) is 12.4. The molecule has 22 heavy (non-hydrogen) atoms. The van der Waals surface area contributed by atoms with E-state index in [1.165, 1.54) is 19.3 Å². The molecule has 0 heterocycles. The Bertz CT molecular complexity index is 496. The number of hydrogen-bond acceptors (Lipinski definition) is 3. The van der Waals surface area contributed by atoms with Crippen molar-refractivity contribution in [3.63, 3.8) is 0 Å². The van der Waals surface area contributed by atoms with Crippen LogP contribution < -0.4 is 11.1 Å². The fourth-order valence-corrected chi connectivity index (χ4v) is 3.26. The maximum atomic E-state index is 12.4. The molecule has 0 saturated heterocycles. The Morgan fingerprint density at radius 2 is 1.95 bits per heavy atom. The maximum absolute atomic E-state index is 12.4. The quantitative estimate of drug-likeness (QED) is 0.747. The van der Waals surface area contributed by atoms with Gasteiger partial charge in [0.05, 0.1) is 6.10 Å². The summed E-state index contributed by atoms with van der Waals surface area (Å²) >= 11 is 3.37. The number of aliphatic hydroxyl groups excluding tert-OH is 1. The predicted molar refractivity (Wildman–Crippen MR) is 91.3 cm³/mol. The number of benzene rings is 1. The van der Waals surface area contributed by atoms with Gasteiger partial charge < -0.3 is 16.2 Å². The van der Waals surface area contributed by atoms with Gasteiger partial charge in [0.25, 0.3) is 0 Å². The Morgan fingerprint density at radius 1 is 1.36 bits per heavy atom. The topological polar surface area (TPSA) is 75.4 Å². The average molecular weight is 369 g/mol. The van der Waals surface area contributed by atoms with E-state index in [0.717, 1.165) is 22.9 Å². The monoisotopic (exact) mass is 368 g/mol. The Labute approximate surface area is 140 Å². The van der Waals surface area contributed by atoms with E-state index in [0.29, 0.717) is 5.92 Å². The summed E-state index contributed by atoms with van der Waals surface area (Å²) in [6, 6.07) is 7.40. The molecule has 2 atom stereocenters. The number of carbonyl (C=O) groups is 1.